The fraction of sp³-hybridized carbons (Fsp3) is 0.333. The summed E-state index contributed by atoms with van der Waals surface area (Å²) in [6.07, 6.45) is 1.28. The van der Waals surface area contributed by atoms with E-state index in [2.05, 4.69) is 66.5 Å². The summed E-state index contributed by atoms with van der Waals surface area (Å²) in [5, 5.41) is 7.07. The van der Waals surface area contributed by atoms with Gasteiger partial charge in [-0.1, -0.05) is 37.3 Å². The molecule has 2 aromatic carbocycles. The summed E-state index contributed by atoms with van der Waals surface area (Å²) in [5.74, 6) is 1.23. The van der Waals surface area contributed by atoms with Crippen molar-refractivity contribution >= 4 is 28.2 Å². The first-order chi connectivity index (χ1) is 8.31. The molecule has 0 amide bonds. The predicted molar refractivity (Wildman–Crippen MR) is 77.9 cm³/mol. The van der Waals surface area contributed by atoms with Crippen LogP contribution in [0.25, 0.3) is 10.8 Å². The first-order valence-corrected chi connectivity index (χ1v) is 7.23. The lowest BCUT2D eigenvalue weighted by Gasteiger charge is -2.13. The Hall–Kier alpha value is -1.15. The highest BCUT2D eigenvalue weighted by Crippen LogP contribution is 2.29. The maximum absolute atomic E-state index is 3.64. The Balaban J connectivity index is 1.81. The summed E-state index contributed by atoms with van der Waals surface area (Å²) >= 11 is 2.07. The second kappa shape index (κ2) is 4.61. The topological polar surface area (TPSA) is 12.0 Å². The summed E-state index contributed by atoms with van der Waals surface area (Å²) < 4.78 is 0. The van der Waals surface area contributed by atoms with Crippen LogP contribution in [0.2, 0.25) is 0 Å². The lowest BCUT2D eigenvalue weighted by atomic mass is 10.1. The van der Waals surface area contributed by atoms with E-state index < -0.39 is 0 Å². The van der Waals surface area contributed by atoms with E-state index in [0.717, 1.165) is 5.25 Å². The van der Waals surface area contributed by atoms with E-state index in [-0.39, 0.29) is 0 Å². The van der Waals surface area contributed by atoms with Crippen molar-refractivity contribution in [2.75, 3.05) is 11.1 Å². The maximum Gasteiger partial charge on any atom is 0.0362 e. The van der Waals surface area contributed by atoms with Gasteiger partial charge in [-0.15, -0.1) is 0 Å². The van der Waals surface area contributed by atoms with Gasteiger partial charge in [0.25, 0.3) is 0 Å². The molecule has 2 unspecified atom stereocenters. The molecular weight excluding hydrogens is 226 g/mol. The Kier molecular flexibility index (Phi) is 2.98. The minimum atomic E-state index is 0.635. The molecule has 0 saturated carbocycles. The molecule has 3 rings (SSSR count). The van der Waals surface area contributed by atoms with Gasteiger partial charge in [0.2, 0.25) is 0 Å². The Morgan fingerprint density at radius 1 is 1.12 bits per heavy atom. The summed E-state index contributed by atoms with van der Waals surface area (Å²) in [6, 6.07) is 15.8. The molecule has 1 aliphatic heterocycles. The Bertz CT molecular complexity index is 523. The lowest BCUT2D eigenvalue weighted by Crippen LogP contribution is -2.18. The van der Waals surface area contributed by atoms with Crippen LogP contribution in [-0.2, 0) is 0 Å². The van der Waals surface area contributed by atoms with Gasteiger partial charge in [0.15, 0.2) is 0 Å². The molecular formula is C15H17NS. The van der Waals surface area contributed by atoms with Crippen LogP contribution in [-0.4, -0.2) is 17.0 Å². The average Bonchev–Trinajstić information content (AvgIpc) is 2.75. The van der Waals surface area contributed by atoms with Crippen LogP contribution in [0.3, 0.4) is 0 Å². The van der Waals surface area contributed by atoms with E-state index >= 15 is 0 Å². The highest BCUT2D eigenvalue weighted by atomic mass is 32.2. The molecule has 0 bridgehead atoms. The molecule has 88 valence electrons. The van der Waals surface area contributed by atoms with Crippen LogP contribution in [0.1, 0.15) is 13.3 Å². The van der Waals surface area contributed by atoms with E-state index in [9.17, 15) is 0 Å². The largest absolute Gasteiger partial charge is 0.381 e. The predicted octanol–water partition coefficient (Wildman–Crippen LogP) is 4.15. The SMILES string of the molecule is CC1CC(Nc2ccc3ccccc3c2)CS1. The first kappa shape index (κ1) is 11.0. The minimum Gasteiger partial charge on any atom is -0.381 e. The third-order valence-corrected chi connectivity index (χ3v) is 4.67. The van der Waals surface area contributed by atoms with Gasteiger partial charge in [-0.25, -0.2) is 0 Å². The van der Waals surface area contributed by atoms with Crippen molar-refractivity contribution in [2.45, 2.75) is 24.6 Å². The van der Waals surface area contributed by atoms with Gasteiger partial charge in [-0.05, 0) is 29.3 Å². The standard InChI is InChI=1S/C15H17NS/c1-11-8-15(10-17-11)16-14-7-6-12-4-2-3-5-13(12)9-14/h2-7,9,11,15-16H,8,10H2,1H3. The molecule has 1 nitrogen and oxygen atoms in total. The Labute approximate surface area is 107 Å². The van der Waals surface area contributed by atoms with Gasteiger partial charge in [0, 0.05) is 22.7 Å². The van der Waals surface area contributed by atoms with Crippen LogP contribution < -0.4 is 5.32 Å². The molecule has 2 aromatic rings. The lowest BCUT2D eigenvalue weighted by molar-refractivity contribution is 0.747. The maximum atomic E-state index is 3.64. The number of nitrogens with one attached hydrogen (secondary N) is 1. The van der Waals surface area contributed by atoms with E-state index in [4.69, 9.17) is 0 Å². The molecule has 1 aliphatic rings. The molecule has 17 heavy (non-hydrogen) atoms. The zero-order valence-electron chi connectivity index (χ0n) is 10.0. The number of fused-ring (bicyclic) bond motifs is 1. The van der Waals surface area contributed by atoms with Gasteiger partial charge >= 0.3 is 0 Å². The van der Waals surface area contributed by atoms with Crippen molar-refractivity contribution < 1.29 is 0 Å². The van der Waals surface area contributed by atoms with E-state index in [1.54, 1.807) is 0 Å². The molecule has 0 aliphatic carbocycles. The number of rotatable bonds is 2. The van der Waals surface area contributed by atoms with Crippen molar-refractivity contribution in [3.8, 4) is 0 Å². The molecule has 0 radical (unpaired) electrons. The average molecular weight is 243 g/mol. The fourth-order valence-corrected chi connectivity index (χ4v) is 3.58. The van der Waals surface area contributed by atoms with Crippen molar-refractivity contribution in [1.82, 2.24) is 0 Å². The van der Waals surface area contributed by atoms with Gasteiger partial charge in [-0.3, -0.25) is 0 Å². The second-order valence-electron chi connectivity index (χ2n) is 4.78. The summed E-state index contributed by atoms with van der Waals surface area (Å²) in [6.45, 7) is 2.31. The molecule has 1 saturated heterocycles. The first-order valence-electron chi connectivity index (χ1n) is 6.18. The summed E-state index contributed by atoms with van der Waals surface area (Å²) in [4.78, 5) is 0. The van der Waals surface area contributed by atoms with Gasteiger partial charge < -0.3 is 5.32 Å². The number of hydrogen-bond acceptors (Lipinski definition) is 2. The molecule has 1 fully saturated rings. The van der Waals surface area contributed by atoms with E-state index in [1.165, 1.54) is 28.6 Å². The highest BCUT2D eigenvalue weighted by Gasteiger charge is 2.21. The van der Waals surface area contributed by atoms with Crippen molar-refractivity contribution in [3.05, 3.63) is 42.5 Å². The molecule has 1 N–H and O–H groups in total. The number of anilines is 1. The highest BCUT2D eigenvalue weighted by molar-refractivity contribution is 8.00. The Morgan fingerprint density at radius 3 is 2.71 bits per heavy atom. The Morgan fingerprint density at radius 2 is 1.94 bits per heavy atom. The minimum absolute atomic E-state index is 0.635. The summed E-state index contributed by atoms with van der Waals surface area (Å²) in [5.41, 5.74) is 1.25. The molecule has 0 spiro atoms. The molecule has 0 aromatic heterocycles. The monoisotopic (exact) mass is 243 g/mol. The van der Waals surface area contributed by atoms with Crippen molar-refractivity contribution in [3.63, 3.8) is 0 Å². The molecule has 1 heterocycles. The summed E-state index contributed by atoms with van der Waals surface area (Å²) in [7, 11) is 0. The third kappa shape index (κ3) is 2.42. The smallest absolute Gasteiger partial charge is 0.0362 e. The number of hydrogen-bond donors (Lipinski definition) is 1. The zero-order valence-corrected chi connectivity index (χ0v) is 10.8. The van der Waals surface area contributed by atoms with Crippen molar-refractivity contribution in [1.29, 1.82) is 0 Å². The molecule has 2 heteroatoms. The van der Waals surface area contributed by atoms with Gasteiger partial charge in [0.05, 0.1) is 0 Å². The van der Waals surface area contributed by atoms with Crippen LogP contribution >= 0.6 is 11.8 Å². The van der Waals surface area contributed by atoms with Gasteiger partial charge in [-0.2, -0.15) is 11.8 Å². The van der Waals surface area contributed by atoms with Crippen LogP contribution in [0.15, 0.2) is 42.5 Å². The normalized spacial score (nSPS) is 24.1. The van der Waals surface area contributed by atoms with Gasteiger partial charge in [0.1, 0.15) is 0 Å². The van der Waals surface area contributed by atoms with Crippen LogP contribution in [0.5, 0.6) is 0 Å². The van der Waals surface area contributed by atoms with E-state index in [0.29, 0.717) is 6.04 Å². The van der Waals surface area contributed by atoms with Crippen molar-refractivity contribution in [2.24, 2.45) is 0 Å². The third-order valence-electron chi connectivity index (χ3n) is 3.32. The number of thioether (sulfide) groups is 1. The van der Waals surface area contributed by atoms with Crippen LogP contribution in [0, 0.1) is 0 Å². The van der Waals surface area contributed by atoms with E-state index in [1.807, 2.05) is 0 Å². The quantitative estimate of drug-likeness (QED) is 0.850. The zero-order chi connectivity index (χ0) is 11.7. The molecule has 2 atom stereocenters. The van der Waals surface area contributed by atoms with Crippen LogP contribution in [0.4, 0.5) is 5.69 Å². The fourth-order valence-electron chi connectivity index (χ4n) is 2.43. The second-order valence-corrected chi connectivity index (χ2v) is 6.25. The number of benzene rings is 2.